The van der Waals surface area contributed by atoms with Gasteiger partial charge in [-0.25, -0.2) is 4.79 Å². The van der Waals surface area contributed by atoms with E-state index in [0.717, 1.165) is 36.8 Å². The van der Waals surface area contributed by atoms with Crippen molar-refractivity contribution >= 4 is 11.7 Å². The van der Waals surface area contributed by atoms with Gasteiger partial charge in [-0.15, -0.1) is 0 Å². The van der Waals surface area contributed by atoms with Gasteiger partial charge in [-0.2, -0.15) is 0 Å². The highest BCUT2D eigenvalue weighted by atomic mass is 16.7. The van der Waals surface area contributed by atoms with Gasteiger partial charge >= 0.3 is 5.97 Å². The van der Waals surface area contributed by atoms with Crippen LogP contribution in [0.15, 0.2) is 40.3 Å². The topological polar surface area (TPSA) is 58.9 Å². The number of nitrogens with zero attached hydrogens (tertiary/aromatic N) is 1. The van der Waals surface area contributed by atoms with Crippen LogP contribution >= 0.6 is 0 Å². The predicted molar refractivity (Wildman–Crippen MR) is 85.1 cm³/mol. The molecule has 0 spiro atoms. The molecule has 1 unspecified atom stereocenters. The Hall–Kier alpha value is -1.84. The Morgan fingerprint density at radius 3 is 2.76 bits per heavy atom. The first kappa shape index (κ1) is 17.2. The number of hydrogen-bond acceptors (Lipinski definition) is 4. The lowest BCUT2D eigenvalue weighted by Gasteiger charge is -2.23. The first-order valence-corrected chi connectivity index (χ1v) is 7.53. The Morgan fingerprint density at radius 2 is 2.19 bits per heavy atom. The number of carbonyl (C=O) groups excluding carboxylic acids is 1. The van der Waals surface area contributed by atoms with E-state index < -0.39 is 5.97 Å². The number of oxime groups is 1. The van der Waals surface area contributed by atoms with Gasteiger partial charge in [0.1, 0.15) is 5.76 Å². The van der Waals surface area contributed by atoms with Crippen LogP contribution in [-0.4, -0.2) is 16.8 Å². The zero-order chi connectivity index (χ0) is 15.8. The summed E-state index contributed by atoms with van der Waals surface area (Å²) in [6.45, 7) is 7.39. The van der Waals surface area contributed by atoms with Crippen LogP contribution in [0.1, 0.15) is 53.4 Å². The molecule has 1 aliphatic carbocycles. The van der Waals surface area contributed by atoms with Crippen molar-refractivity contribution in [2.45, 2.75) is 53.4 Å². The van der Waals surface area contributed by atoms with Crippen LogP contribution in [0.4, 0.5) is 0 Å². The second kappa shape index (κ2) is 8.45. The molecule has 0 heterocycles. The average Bonchev–Trinajstić information content (AvgIpc) is 2.45. The molecule has 0 amide bonds. The Balaban J connectivity index is 3.15. The Morgan fingerprint density at radius 1 is 1.48 bits per heavy atom. The van der Waals surface area contributed by atoms with E-state index in [-0.39, 0.29) is 5.76 Å². The first-order valence-electron chi connectivity index (χ1n) is 7.53. The molecule has 21 heavy (non-hydrogen) atoms. The minimum Gasteiger partial charge on any atom is -0.508 e. The van der Waals surface area contributed by atoms with Gasteiger partial charge in [0.2, 0.25) is 0 Å². The molecule has 0 aromatic heterocycles. The van der Waals surface area contributed by atoms with Crippen LogP contribution in [0.25, 0.3) is 0 Å². The van der Waals surface area contributed by atoms with E-state index in [1.807, 2.05) is 13.0 Å². The Labute approximate surface area is 126 Å². The lowest BCUT2D eigenvalue weighted by atomic mass is 9.82. The highest BCUT2D eigenvalue weighted by Crippen LogP contribution is 2.32. The largest absolute Gasteiger partial charge is 0.508 e. The van der Waals surface area contributed by atoms with Crippen molar-refractivity contribution in [3.63, 3.8) is 0 Å². The fourth-order valence-electron chi connectivity index (χ4n) is 2.36. The fourth-order valence-corrected chi connectivity index (χ4v) is 2.36. The quantitative estimate of drug-likeness (QED) is 0.447. The van der Waals surface area contributed by atoms with Crippen LogP contribution in [0.3, 0.4) is 0 Å². The molecule has 1 aliphatic rings. The molecule has 1 rings (SSSR count). The molecule has 0 aromatic carbocycles. The van der Waals surface area contributed by atoms with E-state index in [1.165, 1.54) is 6.92 Å². The van der Waals surface area contributed by atoms with Gasteiger partial charge in [0.25, 0.3) is 0 Å². The lowest BCUT2D eigenvalue weighted by Crippen LogP contribution is -2.14. The molecular weight excluding hydrogens is 266 g/mol. The normalized spacial score (nSPS) is 19.9. The number of unbranched alkanes of at least 4 members (excludes halogenated alkanes) is 1. The molecule has 0 saturated carbocycles. The van der Waals surface area contributed by atoms with E-state index in [2.05, 4.69) is 25.1 Å². The Bertz CT molecular complexity index is 498. The molecule has 0 saturated heterocycles. The van der Waals surface area contributed by atoms with Gasteiger partial charge in [0.05, 0.1) is 5.71 Å². The maximum atomic E-state index is 10.9. The minimum atomic E-state index is -0.434. The number of hydrogen-bond donors (Lipinski definition) is 1. The van der Waals surface area contributed by atoms with Crippen molar-refractivity contribution in [1.82, 2.24) is 0 Å². The van der Waals surface area contributed by atoms with E-state index in [9.17, 15) is 9.90 Å². The van der Waals surface area contributed by atoms with Crippen molar-refractivity contribution in [2.75, 3.05) is 0 Å². The molecule has 116 valence electrons. The number of allylic oxidation sites excluding steroid dienone is 5. The maximum absolute atomic E-state index is 10.9. The van der Waals surface area contributed by atoms with Crippen LogP contribution < -0.4 is 0 Å². The summed E-state index contributed by atoms with van der Waals surface area (Å²) in [6.07, 6.45) is 9.49. The number of aliphatic hydroxyl groups excluding tert-OH is 1. The molecular formula is C17H25NO3. The summed E-state index contributed by atoms with van der Waals surface area (Å²) in [5.74, 6) is 0.209. The summed E-state index contributed by atoms with van der Waals surface area (Å²) in [5.41, 5.74) is 2.70. The van der Waals surface area contributed by atoms with Gasteiger partial charge in [-0.3, -0.25) is 0 Å². The molecule has 1 atom stereocenters. The third kappa shape index (κ3) is 5.21. The molecule has 4 nitrogen and oxygen atoms in total. The SMILES string of the molecule is CCC/C=C(C1=CC(O)=CCC1CC)/C(C)=N/OC(C)=O. The number of aliphatic hydroxyl groups is 1. The minimum absolute atomic E-state index is 0.289. The first-order chi connectivity index (χ1) is 9.99. The second-order valence-corrected chi connectivity index (χ2v) is 5.24. The van der Waals surface area contributed by atoms with Gasteiger partial charge in [0, 0.05) is 6.92 Å². The van der Waals surface area contributed by atoms with Gasteiger partial charge < -0.3 is 9.94 Å². The van der Waals surface area contributed by atoms with Crippen LogP contribution in [0, 0.1) is 5.92 Å². The molecule has 0 fully saturated rings. The molecule has 0 bridgehead atoms. The van der Waals surface area contributed by atoms with E-state index in [1.54, 1.807) is 6.08 Å². The molecule has 0 radical (unpaired) electrons. The standard InChI is InChI=1S/C17H25NO3/c1-5-7-8-16(12(3)18-21-13(4)19)17-11-15(20)10-9-14(17)6-2/h8,10-11,14,20H,5-7,9H2,1-4H3/b16-8-,18-12+. The second-order valence-electron chi connectivity index (χ2n) is 5.24. The van der Waals surface area contributed by atoms with Gasteiger partial charge in [-0.1, -0.05) is 31.5 Å². The summed E-state index contributed by atoms with van der Waals surface area (Å²) in [7, 11) is 0. The van der Waals surface area contributed by atoms with Crippen LogP contribution in [0.5, 0.6) is 0 Å². The maximum Gasteiger partial charge on any atom is 0.331 e. The lowest BCUT2D eigenvalue weighted by molar-refractivity contribution is -0.140. The zero-order valence-electron chi connectivity index (χ0n) is 13.3. The summed E-state index contributed by atoms with van der Waals surface area (Å²) in [4.78, 5) is 15.7. The molecule has 0 aliphatic heterocycles. The molecule has 1 N–H and O–H groups in total. The average molecular weight is 291 g/mol. The summed E-state index contributed by atoms with van der Waals surface area (Å²) < 4.78 is 0. The highest BCUT2D eigenvalue weighted by molar-refractivity contribution is 6.02. The van der Waals surface area contributed by atoms with Gasteiger partial charge in [0.15, 0.2) is 0 Å². The third-order valence-corrected chi connectivity index (χ3v) is 3.50. The fraction of sp³-hybridized carbons (Fsp3) is 0.529. The number of carbonyl (C=O) groups is 1. The van der Waals surface area contributed by atoms with E-state index >= 15 is 0 Å². The summed E-state index contributed by atoms with van der Waals surface area (Å²) >= 11 is 0. The van der Waals surface area contributed by atoms with Gasteiger partial charge in [-0.05, 0) is 55.4 Å². The summed E-state index contributed by atoms with van der Waals surface area (Å²) in [6, 6.07) is 0. The highest BCUT2D eigenvalue weighted by Gasteiger charge is 2.21. The van der Waals surface area contributed by atoms with Crippen molar-refractivity contribution < 1.29 is 14.7 Å². The molecule has 4 heteroatoms. The van der Waals surface area contributed by atoms with Crippen LogP contribution in [-0.2, 0) is 9.63 Å². The molecule has 0 aromatic rings. The van der Waals surface area contributed by atoms with Crippen molar-refractivity contribution in [2.24, 2.45) is 11.1 Å². The summed E-state index contributed by atoms with van der Waals surface area (Å²) in [5, 5.41) is 13.7. The number of rotatable bonds is 6. The smallest absolute Gasteiger partial charge is 0.331 e. The van der Waals surface area contributed by atoms with Crippen molar-refractivity contribution in [3.8, 4) is 0 Å². The zero-order valence-corrected chi connectivity index (χ0v) is 13.3. The predicted octanol–water partition coefficient (Wildman–Crippen LogP) is 4.45. The van der Waals surface area contributed by atoms with Crippen molar-refractivity contribution in [1.29, 1.82) is 0 Å². The van der Waals surface area contributed by atoms with Crippen molar-refractivity contribution in [3.05, 3.63) is 35.1 Å². The monoisotopic (exact) mass is 291 g/mol. The van der Waals surface area contributed by atoms with Crippen LogP contribution in [0.2, 0.25) is 0 Å². The van der Waals surface area contributed by atoms with E-state index in [4.69, 9.17) is 4.84 Å². The van der Waals surface area contributed by atoms with E-state index in [0.29, 0.717) is 11.6 Å². The third-order valence-electron chi connectivity index (χ3n) is 3.50. The Kier molecular flexibility index (Phi) is 6.92.